The molecule has 1 aromatic carbocycles. The molecule has 0 radical (unpaired) electrons. The topological polar surface area (TPSA) is 97.6 Å². The van der Waals surface area contributed by atoms with Crippen LogP contribution in [0.25, 0.3) is 6.08 Å². The van der Waals surface area contributed by atoms with Gasteiger partial charge >= 0.3 is 0 Å². The summed E-state index contributed by atoms with van der Waals surface area (Å²) in [5.41, 5.74) is 0.841. The zero-order valence-electron chi connectivity index (χ0n) is 21.6. The minimum Gasteiger partial charge on any atom is -0.497 e. The van der Waals surface area contributed by atoms with E-state index in [1.807, 2.05) is 57.2 Å². The lowest BCUT2D eigenvalue weighted by atomic mass is 10.0. The Bertz CT molecular complexity index is 970. The second kappa shape index (κ2) is 15.9. The van der Waals surface area contributed by atoms with Crippen molar-refractivity contribution in [2.75, 3.05) is 12.9 Å². The Balaban J connectivity index is 1.98. The zero-order chi connectivity index (χ0) is 26.3. The molecule has 2 aromatic rings. The van der Waals surface area contributed by atoms with Crippen molar-refractivity contribution in [3.63, 3.8) is 0 Å². The van der Waals surface area contributed by atoms with E-state index in [1.54, 1.807) is 19.4 Å². The van der Waals surface area contributed by atoms with E-state index in [0.717, 1.165) is 29.9 Å². The largest absolute Gasteiger partial charge is 0.497 e. The van der Waals surface area contributed by atoms with Gasteiger partial charge < -0.3 is 19.8 Å². The normalized spacial score (nSPS) is 12.9. The Morgan fingerprint density at radius 2 is 1.83 bits per heavy atom. The monoisotopic (exact) mass is 514 g/mol. The van der Waals surface area contributed by atoms with E-state index >= 15 is 0 Å². The maximum absolute atomic E-state index is 13.2. The summed E-state index contributed by atoms with van der Waals surface area (Å²) in [6, 6.07) is 9.69. The number of Topliss-reactive ketones (excluding diaryl/α,β-unsaturated/α-hetero) is 1. The van der Waals surface area contributed by atoms with E-state index in [4.69, 9.17) is 9.15 Å². The second-order valence-electron chi connectivity index (χ2n) is 9.04. The molecular formula is C28H38N2O5S. The number of hydrogen-bond donors (Lipinski definition) is 2. The van der Waals surface area contributed by atoms with Crippen LogP contribution >= 0.6 is 11.8 Å². The standard InChI is InChI=1S/C28H38N2O5S/c1-5-6-9-24(26(31)19-36-18-23-8-7-16-35-23)30-28(33)25(17-20(2)3)29-27(32)15-12-21-10-13-22(34-4)14-11-21/h7-8,10-16,20,24-25H,5-6,9,17-19H2,1-4H3,(H,29,32)(H,30,33)/t24-,25-/m0/s1. The minimum atomic E-state index is -0.731. The van der Waals surface area contributed by atoms with Gasteiger partial charge in [-0.25, -0.2) is 0 Å². The van der Waals surface area contributed by atoms with E-state index in [1.165, 1.54) is 17.8 Å². The van der Waals surface area contributed by atoms with Gasteiger partial charge in [0.25, 0.3) is 0 Å². The Kier molecular flexibility index (Phi) is 12.9. The molecule has 0 fully saturated rings. The van der Waals surface area contributed by atoms with Crippen LogP contribution in [0.15, 0.2) is 53.2 Å². The first kappa shape index (κ1) is 29.2. The van der Waals surface area contributed by atoms with E-state index in [-0.39, 0.29) is 29.3 Å². The number of carbonyl (C=O) groups is 3. The smallest absolute Gasteiger partial charge is 0.244 e. The highest BCUT2D eigenvalue weighted by Crippen LogP contribution is 2.15. The van der Waals surface area contributed by atoms with Gasteiger partial charge in [-0.15, -0.1) is 11.8 Å². The highest BCUT2D eigenvalue weighted by atomic mass is 32.2. The van der Waals surface area contributed by atoms with Crippen molar-refractivity contribution in [2.24, 2.45) is 5.92 Å². The molecule has 0 saturated carbocycles. The molecule has 196 valence electrons. The van der Waals surface area contributed by atoms with Gasteiger partial charge in [0.2, 0.25) is 11.8 Å². The quantitative estimate of drug-likeness (QED) is 0.306. The fourth-order valence-electron chi connectivity index (χ4n) is 3.55. The number of furan rings is 1. The molecule has 2 rings (SSSR count). The van der Waals surface area contributed by atoms with Crippen LogP contribution in [-0.4, -0.2) is 42.5 Å². The average molecular weight is 515 g/mol. The van der Waals surface area contributed by atoms with Gasteiger partial charge in [0.1, 0.15) is 17.6 Å². The Morgan fingerprint density at radius 1 is 1.08 bits per heavy atom. The molecule has 2 atom stereocenters. The molecule has 7 nitrogen and oxygen atoms in total. The molecule has 36 heavy (non-hydrogen) atoms. The fourth-order valence-corrected chi connectivity index (χ4v) is 4.42. The lowest BCUT2D eigenvalue weighted by molar-refractivity contribution is -0.130. The van der Waals surface area contributed by atoms with Gasteiger partial charge in [0, 0.05) is 6.08 Å². The van der Waals surface area contributed by atoms with Crippen molar-refractivity contribution >= 4 is 35.4 Å². The molecule has 0 saturated heterocycles. The van der Waals surface area contributed by atoms with E-state index in [0.29, 0.717) is 18.6 Å². The third-order valence-corrected chi connectivity index (χ3v) is 6.48. The van der Waals surface area contributed by atoms with Crippen molar-refractivity contribution in [2.45, 2.75) is 64.3 Å². The Hall–Kier alpha value is -3.00. The van der Waals surface area contributed by atoms with Crippen molar-refractivity contribution in [1.82, 2.24) is 10.6 Å². The highest BCUT2D eigenvalue weighted by molar-refractivity contribution is 7.99. The Labute approximate surface area is 218 Å². The van der Waals surface area contributed by atoms with Crippen LogP contribution in [0.1, 0.15) is 57.8 Å². The van der Waals surface area contributed by atoms with Crippen LogP contribution < -0.4 is 15.4 Å². The summed E-state index contributed by atoms with van der Waals surface area (Å²) < 4.78 is 10.5. The summed E-state index contributed by atoms with van der Waals surface area (Å²) >= 11 is 1.46. The van der Waals surface area contributed by atoms with Crippen molar-refractivity contribution in [1.29, 1.82) is 0 Å². The number of benzene rings is 1. The number of unbranched alkanes of at least 4 members (excludes halogenated alkanes) is 1. The molecule has 2 amide bonds. The number of hydrogen-bond acceptors (Lipinski definition) is 6. The molecular weight excluding hydrogens is 476 g/mol. The first-order valence-electron chi connectivity index (χ1n) is 12.4. The summed E-state index contributed by atoms with van der Waals surface area (Å²) in [7, 11) is 1.60. The summed E-state index contributed by atoms with van der Waals surface area (Å²) in [6.45, 7) is 6.03. The number of methoxy groups -OCH3 is 1. The third-order valence-electron chi connectivity index (χ3n) is 5.50. The van der Waals surface area contributed by atoms with Crippen LogP contribution in [0.4, 0.5) is 0 Å². The summed E-state index contributed by atoms with van der Waals surface area (Å²) in [6.07, 6.45) is 7.48. The molecule has 0 unspecified atom stereocenters. The fraction of sp³-hybridized carbons (Fsp3) is 0.464. The summed E-state index contributed by atoms with van der Waals surface area (Å²) in [5.74, 6) is 1.88. The number of amides is 2. The van der Waals surface area contributed by atoms with Crippen LogP contribution in [0.2, 0.25) is 0 Å². The maximum atomic E-state index is 13.2. The lowest BCUT2D eigenvalue weighted by Crippen LogP contribution is -2.52. The number of thioether (sulfide) groups is 1. The second-order valence-corrected chi connectivity index (χ2v) is 10.0. The third kappa shape index (κ3) is 10.7. The van der Waals surface area contributed by atoms with Crippen molar-refractivity contribution in [3.8, 4) is 5.75 Å². The zero-order valence-corrected chi connectivity index (χ0v) is 22.4. The number of nitrogens with one attached hydrogen (secondary N) is 2. The van der Waals surface area contributed by atoms with E-state index < -0.39 is 12.1 Å². The van der Waals surface area contributed by atoms with Gasteiger partial charge in [-0.1, -0.05) is 45.7 Å². The maximum Gasteiger partial charge on any atom is 0.244 e. The van der Waals surface area contributed by atoms with Gasteiger partial charge in [-0.2, -0.15) is 0 Å². The molecule has 1 aromatic heterocycles. The highest BCUT2D eigenvalue weighted by Gasteiger charge is 2.26. The van der Waals surface area contributed by atoms with Crippen LogP contribution in [0.3, 0.4) is 0 Å². The molecule has 0 aliphatic carbocycles. The van der Waals surface area contributed by atoms with Crippen LogP contribution in [0, 0.1) is 5.92 Å². The number of ether oxygens (including phenoxy) is 1. The molecule has 0 aliphatic rings. The van der Waals surface area contributed by atoms with E-state index in [9.17, 15) is 14.4 Å². The molecule has 8 heteroatoms. The van der Waals surface area contributed by atoms with Gasteiger partial charge in [-0.05, 0) is 54.7 Å². The predicted molar refractivity (Wildman–Crippen MR) is 145 cm³/mol. The average Bonchev–Trinajstić information content (AvgIpc) is 3.38. The lowest BCUT2D eigenvalue weighted by Gasteiger charge is -2.23. The van der Waals surface area contributed by atoms with E-state index in [2.05, 4.69) is 10.6 Å². The summed E-state index contributed by atoms with van der Waals surface area (Å²) in [4.78, 5) is 38.7. The van der Waals surface area contributed by atoms with Crippen LogP contribution in [0.5, 0.6) is 5.75 Å². The SMILES string of the molecule is CCCC[C@H](NC(=O)[C@H](CC(C)C)NC(=O)C=Cc1ccc(OC)cc1)C(=O)CSCc1ccco1. The molecule has 2 N–H and O–H groups in total. The summed E-state index contributed by atoms with van der Waals surface area (Å²) in [5, 5.41) is 5.73. The number of rotatable bonds is 16. The molecule has 0 spiro atoms. The van der Waals surface area contributed by atoms with Gasteiger partial charge in [-0.3, -0.25) is 14.4 Å². The first-order valence-corrected chi connectivity index (χ1v) is 13.5. The molecule has 0 bridgehead atoms. The minimum absolute atomic E-state index is 0.0256. The van der Waals surface area contributed by atoms with Gasteiger partial charge in [0.05, 0.1) is 30.9 Å². The first-order chi connectivity index (χ1) is 17.3. The number of ketones is 1. The van der Waals surface area contributed by atoms with Crippen molar-refractivity contribution in [3.05, 3.63) is 60.1 Å². The number of carbonyl (C=O) groups excluding carboxylic acids is 3. The Morgan fingerprint density at radius 3 is 2.44 bits per heavy atom. The predicted octanol–water partition coefficient (Wildman–Crippen LogP) is 5.01. The van der Waals surface area contributed by atoms with Gasteiger partial charge in [0.15, 0.2) is 5.78 Å². The molecule has 1 heterocycles. The van der Waals surface area contributed by atoms with Crippen LogP contribution in [-0.2, 0) is 20.1 Å². The van der Waals surface area contributed by atoms with Crippen molar-refractivity contribution < 1.29 is 23.5 Å². The molecule has 0 aliphatic heterocycles.